The number of rotatable bonds is 7. The number of hydrogen-bond acceptors (Lipinski definition) is 6. The Morgan fingerprint density at radius 2 is 2.13 bits per heavy atom. The number of pyridine rings is 1. The van der Waals surface area contributed by atoms with Gasteiger partial charge in [-0.25, -0.2) is 4.98 Å². The fraction of sp³-hybridized carbons (Fsp3) is 0.438. The Kier molecular flexibility index (Phi) is 5.55. The zero-order valence-electron chi connectivity index (χ0n) is 13.0. The fourth-order valence-electron chi connectivity index (χ4n) is 2.56. The van der Waals surface area contributed by atoms with Gasteiger partial charge in [-0.15, -0.1) is 11.3 Å². The summed E-state index contributed by atoms with van der Waals surface area (Å²) < 4.78 is 0. The van der Waals surface area contributed by atoms with Gasteiger partial charge in [-0.05, 0) is 38.1 Å². The van der Waals surface area contributed by atoms with Crippen LogP contribution in [0, 0.1) is 0 Å². The van der Waals surface area contributed by atoms with E-state index in [2.05, 4.69) is 25.5 Å². The minimum absolute atomic E-state index is 0.0526. The predicted molar refractivity (Wildman–Crippen MR) is 91.7 cm³/mol. The quantitative estimate of drug-likeness (QED) is 0.759. The third-order valence-corrected chi connectivity index (χ3v) is 4.72. The molecule has 0 bridgehead atoms. The Balaban J connectivity index is 1.40. The number of thiazole rings is 1. The van der Waals surface area contributed by atoms with Gasteiger partial charge in [0.15, 0.2) is 0 Å². The molecule has 0 aliphatic carbocycles. The van der Waals surface area contributed by atoms with Crippen molar-refractivity contribution in [1.29, 1.82) is 0 Å². The van der Waals surface area contributed by atoms with Crippen LogP contribution in [0.25, 0.3) is 0 Å². The molecule has 3 heterocycles. The van der Waals surface area contributed by atoms with Gasteiger partial charge in [0.05, 0.1) is 18.4 Å². The van der Waals surface area contributed by atoms with Crippen LogP contribution >= 0.6 is 11.3 Å². The first-order valence-corrected chi connectivity index (χ1v) is 8.72. The van der Waals surface area contributed by atoms with E-state index in [-0.39, 0.29) is 5.91 Å². The lowest BCUT2D eigenvalue weighted by Gasteiger charge is -2.11. The normalized spacial score (nSPS) is 14.8. The molecule has 1 saturated heterocycles. The minimum atomic E-state index is -0.0526. The second kappa shape index (κ2) is 8.03. The Labute approximate surface area is 140 Å². The molecule has 0 radical (unpaired) electrons. The molecule has 0 unspecified atom stereocenters. The van der Waals surface area contributed by atoms with E-state index in [0.29, 0.717) is 18.0 Å². The maximum Gasteiger partial charge on any atom is 0.263 e. The molecule has 23 heavy (non-hydrogen) atoms. The van der Waals surface area contributed by atoms with Gasteiger partial charge in [0.2, 0.25) is 0 Å². The van der Waals surface area contributed by atoms with Crippen LogP contribution in [-0.4, -0.2) is 47.0 Å². The molecule has 2 N–H and O–H groups in total. The molecule has 3 rings (SSSR count). The topological polar surface area (TPSA) is 70.1 Å². The predicted octanol–water partition coefficient (Wildman–Crippen LogP) is 1.98. The zero-order chi connectivity index (χ0) is 15.9. The molecule has 2 aromatic rings. The van der Waals surface area contributed by atoms with Crippen molar-refractivity contribution in [2.24, 2.45) is 0 Å². The Morgan fingerprint density at radius 1 is 1.26 bits per heavy atom. The van der Waals surface area contributed by atoms with E-state index in [1.807, 2.05) is 12.1 Å². The number of nitrogens with one attached hydrogen (secondary N) is 2. The van der Waals surface area contributed by atoms with Crippen molar-refractivity contribution in [2.75, 3.05) is 31.5 Å². The van der Waals surface area contributed by atoms with Crippen molar-refractivity contribution >= 4 is 22.9 Å². The van der Waals surface area contributed by atoms with Crippen LogP contribution in [-0.2, 0) is 6.54 Å². The molecular weight excluding hydrogens is 310 g/mol. The average Bonchev–Trinajstić information content (AvgIpc) is 3.25. The highest BCUT2D eigenvalue weighted by Crippen LogP contribution is 2.17. The smallest absolute Gasteiger partial charge is 0.263 e. The lowest BCUT2D eigenvalue weighted by molar-refractivity contribution is 0.0959. The van der Waals surface area contributed by atoms with Gasteiger partial charge < -0.3 is 10.6 Å². The van der Waals surface area contributed by atoms with Crippen LogP contribution in [0.15, 0.2) is 30.7 Å². The number of likely N-dealkylation sites (tertiary alicyclic amines) is 1. The lowest BCUT2D eigenvalue weighted by Crippen LogP contribution is -2.28. The highest BCUT2D eigenvalue weighted by molar-refractivity contribution is 7.13. The summed E-state index contributed by atoms with van der Waals surface area (Å²) in [6.07, 6.45) is 7.71. The third kappa shape index (κ3) is 4.74. The zero-order valence-corrected chi connectivity index (χ0v) is 13.8. The number of carbonyl (C=O) groups is 1. The second-order valence-corrected chi connectivity index (χ2v) is 6.64. The third-order valence-electron chi connectivity index (χ3n) is 3.74. The highest BCUT2D eigenvalue weighted by Gasteiger charge is 2.15. The monoisotopic (exact) mass is 331 g/mol. The standard InChI is InChI=1S/C16H21N5OS/c22-16(19-7-6-18-13-4-3-5-17-10-13)14-11-20-15(23-14)12-21-8-1-2-9-21/h3-5,10-11,18H,1-2,6-9,12H2,(H,19,22). The number of aromatic nitrogens is 2. The molecule has 0 saturated carbocycles. The van der Waals surface area contributed by atoms with Gasteiger partial charge in [-0.3, -0.25) is 14.7 Å². The lowest BCUT2D eigenvalue weighted by atomic mass is 10.4. The Bertz CT molecular complexity index is 624. The van der Waals surface area contributed by atoms with Crippen molar-refractivity contribution in [2.45, 2.75) is 19.4 Å². The number of nitrogens with zero attached hydrogens (tertiary/aromatic N) is 3. The molecular formula is C16H21N5OS. The highest BCUT2D eigenvalue weighted by atomic mass is 32.1. The Hall–Kier alpha value is -1.99. The summed E-state index contributed by atoms with van der Waals surface area (Å²) in [4.78, 5) is 23.6. The van der Waals surface area contributed by atoms with Gasteiger partial charge in [0, 0.05) is 25.5 Å². The molecule has 122 valence electrons. The first kappa shape index (κ1) is 15.9. The van der Waals surface area contributed by atoms with E-state index in [1.165, 1.54) is 24.2 Å². The second-order valence-electron chi connectivity index (χ2n) is 5.53. The number of carbonyl (C=O) groups excluding carboxylic acids is 1. The van der Waals surface area contributed by atoms with Crippen molar-refractivity contribution in [3.8, 4) is 0 Å². The summed E-state index contributed by atoms with van der Waals surface area (Å²) >= 11 is 1.49. The Morgan fingerprint density at radius 3 is 2.91 bits per heavy atom. The molecule has 1 aliphatic heterocycles. The van der Waals surface area contributed by atoms with Crippen LogP contribution in [0.3, 0.4) is 0 Å². The van der Waals surface area contributed by atoms with Gasteiger partial charge in [-0.1, -0.05) is 0 Å². The maximum absolute atomic E-state index is 12.1. The molecule has 0 spiro atoms. The maximum atomic E-state index is 12.1. The largest absolute Gasteiger partial charge is 0.382 e. The van der Waals surface area contributed by atoms with Crippen molar-refractivity contribution < 1.29 is 4.79 Å². The SMILES string of the molecule is O=C(NCCNc1cccnc1)c1cnc(CN2CCCC2)s1. The first-order chi connectivity index (χ1) is 11.3. The average molecular weight is 331 g/mol. The van der Waals surface area contributed by atoms with E-state index >= 15 is 0 Å². The van der Waals surface area contributed by atoms with E-state index < -0.39 is 0 Å². The number of anilines is 1. The van der Waals surface area contributed by atoms with Crippen LogP contribution in [0.4, 0.5) is 5.69 Å². The van der Waals surface area contributed by atoms with Gasteiger partial charge >= 0.3 is 0 Å². The molecule has 1 fully saturated rings. The van der Waals surface area contributed by atoms with Gasteiger partial charge in [0.1, 0.15) is 9.88 Å². The molecule has 1 amide bonds. The molecule has 0 atom stereocenters. The van der Waals surface area contributed by atoms with Crippen LogP contribution in [0.5, 0.6) is 0 Å². The van der Waals surface area contributed by atoms with Crippen LogP contribution < -0.4 is 10.6 Å². The van der Waals surface area contributed by atoms with Crippen molar-refractivity contribution in [3.63, 3.8) is 0 Å². The number of amides is 1. The van der Waals surface area contributed by atoms with E-state index in [9.17, 15) is 4.79 Å². The molecule has 1 aliphatic rings. The van der Waals surface area contributed by atoms with Crippen molar-refractivity contribution in [1.82, 2.24) is 20.2 Å². The van der Waals surface area contributed by atoms with Gasteiger partial charge in [0.25, 0.3) is 5.91 Å². The van der Waals surface area contributed by atoms with Crippen molar-refractivity contribution in [3.05, 3.63) is 40.6 Å². The minimum Gasteiger partial charge on any atom is -0.382 e. The summed E-state index contributed by atoms with van der Waals surface area (Å²) in [5, 5.41) is 7.14. The molecule has 2 aromatic heterocycles. The first-order valence-electron chi connectivity index (χ1n) is 7.90. The number of hydrogen-bond donors (Lipinski definition) is 2. The summed E-state index contributed by atoms with van der Waals surface area (Å²) in [7, 11) is 0. The summed E-state index contributed by atoms with van der Waals surface area (Å²) in [5.41, 5.74) is 0.951. The summed E-state index contributed by atoms with van der Waals surface area (Å²) in [6.45, 7) is 4.37. The van der Waals surface area contributed by atoms with E-state index in [0.717, 1.165) is 30.3 Å². The fourth-order valence-corrected chi connectivity index (χ4v) is 3.43. The summed E-state index contributed by atoms with van der Waals surface area (Å²) in [5.74, 6) is -0.0526. The van der Waals surface area contributed by atoms with E-state index in [1.54, 1.807) is 18.6 Å². The molecule has 6 nitrogen and oxygen atoms in total. The van der Waals surface area contributed by atoms with E-state index in [4.69, 9.17) is 0 Å². The molecule has 7 heteroatoms. The van der Waals surface area contributed by atoms with Crippen LogP contribution in [0.1, 0.15) is 27.5 Å². The van der Waals surface area contributed by atoms with Gasteiger partial charge in [-0.2, -0.15) is 0 Å². The molecule has 0 aromatic carbocycles. The van der Waals surface area contributed by atoms with Crippen LogP contribution in [0.2, 0.25) is 0 Å². The summed E-state index contributed by atoms with van der Waals surface area (Å²) in [6, 6.07) is 3.82.